The van der Waals surface area contributed by atoms with Crippen LogP contribution in [0.5, 0.6) is 0 Å². The molecule has 0 saturated carbocycles. The van der Waals surface area contributed by atoms with Gasteiger partial charge in [-0.15, -0.1) is 0 Å². The van der Waals surface area contributed by atoms with E-state index < -0.39 is 0 Å². The maximum atomic E-state index is 12.4. The van der Waals surface area contributed by atoms with Crippen LogP contribution in [-0.4, -0.2) is 59.1 Å². The number of pyridine rings is 1. The van der Waals surface area contributed by atoms with Gasteiger partial charge in [-0.3, -0.25) is 9.69 Å². The number of carbonyl (C=O) groups excluding carboxylic acids is 1. The lowest BCUT2D eigenvalue weighted by Gasteiger charge is -2.54. The minimum absolute atomic E-state index is 0.0494. The van der Waals surface area contributed by atoms with E-state index in [0.29, 0.717) is 18.3 Å². The number of amides is 1. The van der Waals surface area contributed by atoms with Crippen LogP contribution in [0.1, 0.15) is 37.0 Å². The molecule has 1 aromatic rings. The summed E-state index contributed by atoms with van der Waals surface area (Å²) in [5.41, 5.74) is 1.56. The molecule has 5 heteroatoms. The average Bonchev–Trinajstić information content (AvgIpc) is 2.50. The fraction of sp³-hybridized carbons (Fsp3) is 0.647. The van der Waals surface area contributed by atoms with Crippen LogP contribution in [0.3, 0.4) is 0 Å². The van der Waals surface area contributed by atoms with Gasteiger partial charge in [0.25, 0.3) is 5.91 Å². The van der Waals surface area contributed by atoms with Gasteiger partial charge in [-0.2, -0.15) is 0 Å². The number of hydrogen-bond donors (Lipinski definition) is 0. The molecule has 0 aliphatic carbocycles. The Morgan fingerprint density at radius 3 is 2.64 bits per heavy atom. The Balaban J connectivity index is 0.000000693. The molecule has 0 aromatic carbocycles. The molecule has 0 N–H and O–H groups in total. The fourth-order valence-electron chi connectivity index (χ4n) is 3.23. The van der Waals surface area contributed by atoms with Gasteiger partial charge in [-0.1, -0.05) is 26.8 Å². The largest absolute Gasteiger partial charge is 0.372 e. The quantitative estimate of drug-likeness (QED) is 0.854. The van der Waals surface area contributed by atoms with Crippen LogP contribution in [0.4, 0.5) is 0 Å². The van der Waals surface area contributed by atoms with E-state index in [1.54, 1.807) is 0 Å². The highest BCUT2D eigenvalue weighted by atomic mass is 16.5. The lowest BCUT2D eigenvalue weighted by atomic mass is 9.94. The zero-order valence-corrected chi connectivity index (χ0v) is 13.7. The van der Waals surface area contributed by atoms with Crippen molar-refractivity contribution in [3.05, 3.63) is 29.6 Å². The third-order valence-corrected chi connectivity index (χ3v) is 4.50. The topological polar surface area (TPSA) is 45.7 Å². The fourth-order valence-corrected chi connectivity index (χ4v) is 3.23. The summed E-state index contributed by atoms with van der Waals surface area (Å²) < 4.78 is 5.33. The smallest absolute Gasteiger partial charge is 0.272 e. The molecule has 3 fully saturated rings. The molecule has 3 saturated heterocycles. The van der Waals surface area contributed by atoms with Gasteiger partial charge < -0.3 is 9.64 Å². The number of ether oxygens (including phenoxy) is 1. The predicted octanol–water partition coefficient (Wildman–Crippen LogP) is 1.78. The maximum absolute atomic E-state index is 12.4. The average molecular weight is 303 g/mol. The molecule has 3 aliphatic rings. The summed E-state index contributed by atoms with van der Waals surface area (Å²) in [5, 5.41) is 0. The molecule has 1 aromatic heterocycles. The van der Waals surface area contributed by atoms with Gasteiger partial charge in [-0.25, -0.2) is 4.98 Å². The van der Waals surface area contributed by atoms with E-state index in [9.17, 15) is 4.79 Å². The Bertz CT molecular complexity index is 542. The molecule has 22 heavy (non-hydrogen) atoms. The summed E-state index contributed by atoms with van der Waals surface area (Å²) in [5.74, 6) is 0.838. The third-order valence-electron chi connectivity index (χ3n) is 4.50. The number of morpholine rings is 1. The molecule has 2 unspecified atom stereocenters. The van der Waals surface area contributed by atoms with Crippen molar-refractivity contribution in [2.45, 2.75) is 39.5 Å². The maximum Gasteiger partial charge on any atom is 0.272 e. The van der Waals surface area contributed by atoms with Gasteiger partial charge in [0.1, 0.15) is 5.69 Å². The van der Waals surface area contributed by atoms with Gasteiger partial charge in [0.2, 0.25) is 0 Å². The van der Waals surface area contributed by atoms with Crippen molar-refractivity contribution in [3.8, 4) is 0 Å². The Morgan fingerprint density at radius 2 is 2.09 bits per heavy atom. The van der Waals surface area contributed by atoms with Crippen LogP contribution in [0.15, 0.2) is 18.2 Å². The predicted molar refractivity (Wildman–Crippen MR) is 84.6 cm³/mol. The normalized spacial score (nSPS) is 26.8. The SMILES string of the molecule is CC.CC1CN(Cc2cccc(C(=O)N3CC4OCC43)n2)C1. The number of nitrogens with zero attached hydrogens (tertiary/aromatic N) is 3. The zero-order chi connectivity index (χ0) is 15.7. The molecule has 5 nitrogen and oxygen atoms in total. The van der Waals surface area contributed by atoms with Crippen molar-refractivity contribution in [1.82, 2.24) is 14.8 Å². The summed E-state index contributed by atoms with van der Waals surface area (Å²) in [6.07, 6.45) is 0.282. The summed E-state index contributed by atoms with van der Waals surface area (Å²) in [6, 6.07) is 6.06. The Labute approximate surface area is 132 Å². The second-order valence-electron chi connectivity index (χ2n) is 6.21. The second-order valence-corrected chi connectivity index (χ2v) is 6.21. The first kappa shape index (κ1) is 15.4. The van der Waals surface area contributed by atoms with E-state index in [1.807, 2.05) is 36.9 Å². The molecule has 0 radical (unpaired) electrons. The zero-order valence-electron chi connectivity index (χ0n) is 13.7. The minimum atomic E-state index is 0.0494. The first-order chi connectivity index (χ1) is 10.7. The van der Waals surface area contributed by atoms with Crippen LogP contribution in [0.2, 0.25) is 0 Å². The monoisotopic (exact) mass is 303 g/mol. The van der Waals surface area contributed by atoms with Gasteiger partial charge in [0.05, 0.1) is 24.4 Å². The lowest BCUT2D eigenvalue weighted by molar-refractivity contribution is -0.195. The highest BCUT2D eigenvalue weighted by Gasteiger charge is 2.49. The van der Waals surface area contributed by atoms with E-state index in [1.165, 1.54) is 0 Å². The standard InChI is InChI=1S/C15H19N3O2.C2H6/c1-10-5-17(6-10)7-11-3-2-4-12(16-11)15(19)18-8-14-13(18)9-20-14;1-2/h2-4,10,13-14H,5-9H2,1H3;1-2H3. The van der Waals surface area contributed by atoms with Crippen molar-refractivity contribution in [2.24, 2.45) is 5.92 Å². The van der Waals surface area contributed by atoms with E-state index in [2.05, 4.69) is 16.8 Å². The minimum Gasteiger partial charge on any atom is -0.372 e. The summed E-state index contributed by atoms with van der Waals surface area (Å²) in [6.45, 7) is 10.8. The molecule has 4 rings (SSSR count). The van der Waals surface area contributed by atoms with E-state index in [4.69, 9.17) is 4.74 Å². The Morgan fingerprint density at radius 1 is 1.32 bits per heavy atom. The van der Waals surface area contributed by atoms with Crippen LogP contribution in [0.25, 0.3) is 0 Å². The lowest BCUT2D eigenvalue weighted by Crippen LogP contribution is -2.71. The summed E-state index contributed by atoms with van der Waals surface area (Å²) in [7, 11) is 0. The van der Waals surface area contributed by atoms with Crippen LogP contribution in [0, 0.1) is 5.92 Å². The van der Waals surface area contributed by atoms with Gasteiger partial charge in [0, 0.05) is 26.2 Å². The van der Waals surface area contributed by atoms with Crippen molar-refractivity contribution in [2.75, 3.05) is 26.2 Å². The summed E-state index contributed by atoms with van der Waals surface area (Å²) in [4.78, 5) is 21.2. The first-order valence-corrected chi connectivity index (χ1v) is 8.31. The highest BCUT2D eigenvalue weighted by molar-refractivity contribution is 5.93. The number of hydrogen-bond acceptors (Lipinski definition) is 4. The Hall–Kier alpha value is -1.46. The van der Waals surface area contributed by atoms with Crippen LogP contribution >= 0.6 is 0 Å². The first-order valence-electron chi connectivity index (χ1n) is 8.31. The number of aromatic nitrogens is 1. The van der Waals surface area contributed by atoms with E-state index in [-0.39, 0.29) is 12.0 Å². The van der Waals surface area contributed by atoms with Crippen LogP contribution in [-0.2, 0) is 11.3 Å². The number of carbonyl (C=O) groups is 1. The molecule has 1 amide bonds. The third kappa shape index (κ3) is 2.75. The van der Waals surface area contributed by atoms with Gasteiger partial charge >= 0.3 is 0 Å². The molecule has 120 valence electrons. The van der Waals surface area contributed by atoms with E-state index >= 15 is 0 Å². The molecule has 4 heterocycles. The van der Waals surface area contributed by atoms with Crippen molar-refractivity contribution in [3.63, 3.8) is 0 Å². The van der Waals surface area contributed by atoms with Crippen molar-refractivity contribution < 1.29 is 9.53 Å². The molecule has 0 spiro atoms. The molecule has 2 atom stereocenters. The highest BCUT2D eigenvalue weighted by Crippen LogP contribution is 2.31. The molecule has 0 bridgehead atoms. The molecular weight excluding hydrogens is 278 g/mol. The van der Waals surface area contributed by atoms with E-state index in [0.717, 1.165) is 37.8 Å². The van der Waals surface area contributed by atoms with Gasteiger partial charge in [0.15, 0.2) is 0 Å². The van der Waals surface area contributed by atoms with Crippen molar-refractivity contribution in [1.29, 1.82) is 0 Å². The summed E-state index contributed by atoms with van der Waals surface area (Å²) >= 11 is 0. The van der Waals surface area contributed by atoms with Crippen LogP contribution < -0.4 is 0 Å². The van der Waals surface area contributed by atoms with Crippen molar-refractivity contribution >= 4 is 5.91 Å². The molecular formula is C17H25N3O2. The number of fused-ring (bicyclic) bond motifs is 1. The second kappa shape index (κ2) is 6.34. The number of rotatable bonds is 3. The van der Waals surface area contributed by atoms with Gasteiger partial charge in [-0.05, 0) is 18.1 Å². The number of likely N-dealkylation sites (tertiary alicyclic amines) is 2. The Kier molecular flexibility index (Phi) is 4.45. The molecule has 3 aliphatic heterocycles.